The second kappa shape index (κ2) is 6.05. The highest BCUT2D eigenvalue weighted by atomic mass is 16.3. The van der Waals surface area contributed by atoms with Crippen LogP contribution in [0.4, 0.5) is 0 Å². The van der Waals surface area contributed by atoms with Crippen molar-refractivity contribution < 1.29 is 5.11 Å². The Hall–Kier alpha value is -1.73. The lowest BCUT2D eigenvalue weighted by molar-refractivity contribution is 0.0405. The summed E-state index contributed by atoms with van der Waals surface area (Å²) >= 11 is 0. The largest absolute Gasteiger partial charge is 0.382 e. The van der Waals surface area contributed by atoms with Gasteiger partial charge in [0, 0.05) is 37.9 Å². The van der Waals surface area contributed by atoms with Gasteiger partial charge in [0.2, 0.25) is 0 Å². The van der Waals surface area contributed by atoms with Crippen molar-refractivity contribution in [1.29, 1.82) is 0 Å². The Morgan fingerprint density at radius 2 is 2.04 bits per heavy atom. The normalized spacial score (nSPS) is 22.6. The molecule has 2 aromatic rings. The zero-order chi connectivity index (χ0) is 16.6. The molecule has 126 valence electrons. The molecule has 1 atom stereocenters. The van der Waals surface area contributed by atoms with Crippen LogP contribution >= 0.6 is 0 Å². The Morgan fingerprint density at radius 1 is 1.26 bits per heavy atom. The first-order valence-corrected chi connectivity index (χ1v) is 8.28. The fourth-order valence-electron chi connectivity index (χ4n) is 3.12. The molecule has 0 aromatic carbocycles. The molecule has 1 saturated heterocycles. The first-order chi connectivity index (χ1) is 10.9. The number of hydrogen-bond acceptors (Lipinski definition) is 5. The zero-order valence-electron chi connectivity index (χ0n) is 14.3. The summed E-state index contributed by atoms with van der Waals surface area (Å²) in [6.07, 6.45) is 4.39. The van der Waals surface area contributed by atoms with Gasteiger partial charge in [0.15, 0.2) is 0 Å². The molecule has 2 aromatic heterocycles. The Bertz CT molecular complexity index is 661. The van der Waals surface area contributed by atoms with Crippen LogP contribution in [-0.4, -0.2) is 47.9 Å². The second-order valence-corrected chi connectivity index (χ2v) is 7.03. The molecule has 3 heterocycles. The van der Waals surface area contributed by atoms with Crippen LogP contribution < -0.4 is 0 Å². The molecule has 1 aliphatic heterocycles. The lowest BCUT2D eigenvalue weighted by Crippen LogP contribution is -2.31. The average molecular weight is 318 g/mol. The predicted molar refractivity (Wildman–Crippen MR) is 86.8 cm³/mol. The molecular weight excluding hydrogens is 292 g/mol. The number of β-amino-alcohol motifs (C(OH)–C–C–N with tert-alkyl or cyclic N) is 1. The SMILES string of the molecule is CC(C)n1cc(C2(O)CCN(Cc3ccnn3C(C)C)C2)nn1. The van der Waals surface area contributed by atoms with Crippen LogP contribution in [0.15, 0.2) is 18.5 Å². The van der Waals surface area contributed by atoms with Gasteiger partial charge < -0.3 is 5.11 Å². The van der Waals surface area contributed by atoms with Crippen LogP contribution in [0.3, 0.4) is 0 Å². The maximum absolute atomic E-state index is 11.0. The first-order valence-electron chi connectivity index (χ1n) is 8.28. The van der Waals surface area contributed by atoms with Crippen LogP contribution in [0.1, 0.15) is 57.6 Å². The van der Waals surface area contributed by atoms with Crippen molar-refractivity contribution in [3.8, 4) is 0 Å². The fraction of sp³-hybridized carbons (Fsp3) is 0.688. The van der Waals surface area contributed by atoms with Crippen LogP contribution in [0.2, 0.25) is 0 Å². The maximum Gasteiger partial charge on any atom is 0.124 e. The van der Waals surface area contributed by atoms with E-state index in [9.17, 15) is 5.11 Å². The Kier molecular flexibility index (Phi) is 4.25. The highest BCUT2D eigenvalue weighted by Gasteiger charge is 2.40. The second-order valence-electron chi connectivity index (χ2n) is 7.03. The quantitative estimate of drug-likeness (QED) is 0.909. The molecule has 0 saturated carbocycles. The van der Waals surface area contributed by atoms with E-state index >= 15 is 0 Å². The van der Waals surface area contributed by atoms with E-state index in [1.165, 1.54) is 5.69 Å². The van der Waals surface area contributed by atoms with Gasteiger partial charge in [-0.15, -0.1) is 5.10 Å². The van der Waals surface area contributed by atoms with Crippen molar-refractivity contribution in [3.05, 3.63) is 29.8 Å². The van der Waals surface area contributed by atoms with Gasteiger partial charge in [-0.1, -0.05) is 5.21 Å². The summed E-state index contributed by atoms with van der Waals surface area (Å²) in [5.74, 6) is 0. The van der Waals surface area contributed by atoms with Crippen molar-refractivity contribution in [2.24, 2.45) is 0 Å². The van der Waals surface area contributed by atoms with Gasteiger partial charge in [0.25, 0.3) is 0 Å². The van der Waals surface area contributed by atoms with Gasteiger partial charge in [-0.2, -0.15) is 5.10 Å². The van der Waals surface area contributed by atoms with E-state index in [0.717, 1.165) is 13.1 Å². The summed E-state index contributed by atoms with van der Waals surface area (Å²) in [7, 11) is 0. The minimum Gasteiger partial charge on any atom is -0.382 e. The highest BCUT2D eigenvalue weighted by Crippen LogP contribution is 2.31. The minimum absolute atomic E-state index is 0.248. The first kappa shape index (κ1) is 16.1. The Morgan fingerprint density at radius 3 is 2.70 bits per heavy atom. The van der Waals surface area contributed by atoms with E-state index < -0.39 is 5.60 Å². The van der Waals surface area contributed by atoms with Crippen molar-refractivity contribution in [1.82, 2.24) is 29.7 Å². The molecule has 0 amide bonds. The smallest absolute Gasteiger partial charge is 0.124 e. The summed E-state index contributed by atoms with van der Waals surface area (Å²) in [6, 6.07) is 2.64. The number of aromatic nitrogens is 5. The molecule has 1 aliphatic rings. The number of rotatable bonds is 5. The van der Waals surface area contributed by atoms with Crippen LogP contribution in [0.25, 0.3) is 0 Å². The predicted octanol–water partition coefficient (Wildman–Crippen LogP) is 1.73. The molecule has 0 aliphatic carbocycles. The van der Waals surface area contributed by atoms with E-state index in [4.69, 9.17) is 0 Å². The standard InChI is InChI=1S/C16H26N6O/c1-12(2)21-10-15(18-19-21)16(23)6-8-20(11-16)9-14-5-7-17-22(14)13(3)4/h5,7,10,12-13,23H,6,8-9,11H2,1-4H3. The molecule has 1 fully saturated rings. The Balaban J connectivity index is 1.70. The number of hydrogen-bond donors (Lipinski definition) is 1. The molecule has 7 heteroatoms. The van der Waals surface area contributed by atoms with Crippen molar-refractivity contribution in [2.75, 3.05) is 13.1 Å². The van der Waals surface area contributed by atoms with Crippen molar-refractivity contribution in [3.63, 3.8) is 0 Å². The average Bonchev–Trinajstić information content (AvgIpc) is 3.19. The Labute approximate surface area is 136 Å². The van der Waals surface area contributed by atoms with Crippen LogP contribution in [-0.2, 0) is 12.1 Å². The van der Waals surface area contributed by atoms with Gasteiger partial charge >= 0.3 is 0 Å². The zero-order valence-corrected chi connectivity index (χ0v) is 14.3. The topological polar surface area (TPSA) is 72.0 Å². The van der Waals surface area contributed by atoms with E-state index in [0.29, 0.717) is 24.7 Å². The highest BCUT2D eigenvalue weighted by molar-refractivity contribution is 5.12. The number of likely N-dealkylation sites (tertiary alicyclic amines) is 1. The van der Waals surface area contributed by atoms with E-state index in [-0.39, 0.29) is 6.04 Å². The van der Waals surface area contributed by atoms with Gasteiger partial charge in [0.05, 0.1) is 11.9 Å². The van der Waals surface area contributed by atoms with Gasteiger partial charge in [-0.25, -0.2) is 4.68 Å². The fourth-order valence-corrected chi connectivity index (χ4v) is 3.12. The van der Waals surface area contributed by atoms with Gasteiger partial charge in [-0.05, 0) is 40.2 Å². The third-order valence-electron chi connectivity index (χ3n) is 4.47. The lowest BCUT2D eigenvalue weighted by atomic mass is 10.00. The monoisotopic (exact) mass is 318 g/mol. The molecule has 1 N–H and O–H groups in total. The van der Waals surface area contributed by atoms with E-state index in [2.05, 4.69) is 48.0 Å². The molecule has 0 radical (unpaired) electrons. The minimum atomic E-state index is -0.907. The maximum atomic E-state index is 11.0. The lowest BCUT2D eigenvalue weighted by Gasteiger charge is -2.22. The molecule has 1 unspecified atom stereocenters. The molecule has 0 bridgehead atoms. The summed E-state index contributed by atoms with van der Waals surface area (Å²) in [4.78, 5) is 2.25. The molecule has 23 heavy (non-hydrogen) atoms. The van der Waals surface area contributed by atoms with Gasteiger partial charge in [0.1, 0.15) is 11.3 Å². The van der Waals surface area contributed by atoms with Gasteiger partial charge in [-0.3, -0.25) is 9.58 Å². The molecule has 3 rings (SSSR count). The summed E-state index contributed by atoms with van der Waals surface area (Å²) < 4.78 is 3.83. The molecular formula is C16H26N6O. The van der Waals surface area contributed by atoms with Crippen LogP contribution in [0.5, 0.6) is 0 Å². The third-order valence-corrected chi connectivity index (χ3v) is 4.47. The van der Waals surface area contributed by atoms with Crippen molar-refractivity contribution in [2.45, 2.75) is 58.3 Å². The third kappa shape index (κ3) is 3.16. The van der Waals surface area contributed by atoms with E-state index in [1.54, 1.807) is 4.68 Å². The summed E-state index contributed by atoms with van der Waals surface area (Å²) in [6.45, 7) is 10.6. The van der Waals surface area contributed by atoms with E-state index in [1.807, 2.05) is 23.1 Å². The van der Waals surface area contributed by atoms with Crippen molar-refractivity contribution >= 4 is 0 Å². The summed E-state index contributed by atoms with van der Waals surface area (Å²) in [5, 5.41) is 23.6. The number of aliphatic hydroxyl groups is 1. The van der Waals surface area contributed by atoms with Crippen LogP contribution in [0, 0.1) is 0 Å². The number of nitrogens with zero attached hydrogens (tertiary/aromatic N) is 6. The summed E-state index contributed by atoms with van der Waals surface area (Å²) in [5.41, 5.74) is 0.941. The molecule has 0 spiro atoms. The molecule has 7 nitrogen and oxygen atoms in total.